The van der Waals surface area contributed by atoms with Crippen LogP contribution in [0, 0.1) is 5.92 Å². The molecule has 2 amide bonds. The molecule has 1 fully saturated rings. The number of carbonyl (C=O) groups is 2. The second kappa shape index (κ2) is 9.20. The van der Waals surface area contributed by atoms with E-state index in [9.17, 15) is 18.4 Å². The molecule has 0 bridgehead atoms. The molecule has 4 rings (SSSR count). The van der Waals surface area contributed by atoms with Gasteiger partial charge in [-0.1, -0.05) is 0 Å². The van der Waals surface area contributed by atoms with E-state index in [1.807, 2.05) is 0 Å². The smallest absolute Gasteiger partial charge is 0.416 e. The van der Waals surface area contributed by atoms with Gasteiger partial charge in [-0.05, 0) is 51.7 Å². The van der Waals surface area contributed by atoms with Crippen molar-refractivity contribution in [3.8, 4) is 11.5 Å². The molecule has 2 aliphatic rings. The molecular weight excluding hydrogens is 450 g/mol. The molecule has 2 aromatic rings. The molecule has 2 aromatic heterocycles. The van der Waals surface area contributed by atoms with Crippen molar-refractivity contribution in [1.29, 1.82) is 0 Å². The molecule has 179 valence electrons. The van der Waals surface area contributed by atoms with Crippen LogP contribution in [0.2, 0.25) is 0 Å². The average molecular weight is 473 g/mol. The first-order valence-electron chi connectivity index (χ1n) is 10.6. The first kappa shape index (κ1) is 23.3. The number of ether oxygens (including phenoxy) is 1. The predicted molar refractivity (Wildman–Crippen MR) is 117 cm³/mol. The van der Waals surface area contributed by atoms with Crippen LogP contribution in [0.1, 0.15) is 44.1 Å². The molecule has 0 spiro atoms. The maximum atomic E-state index is 12.9. The van der Waals surface area contributed by atoms with Crippen LogP contribution in [0.25, 0.3) is 11.5 Å². The van der Waals surface area contributed by atoms with Gasteiger partial charge in [0.2, 0.25) is 5.89 Å². The van der Waals surface area contributed by atoms with Crippen molar-refractivity contribution in [2.75, 3.05) is 11.4 Å². The number of halogens is 2. The van der Waals surface area contributed by atoms with Gasteiger partial charge in [0.25, 0.3) is 12.3 Å². The molecule has 12 heteroatoms. The highest BCUT2D eigenvalue weighted by molar-refractivity contribution is 6.07. The number of allylic oxidation sites excluding steroid dienone is 1. The summed E-state index contributed by atoms with van der Waals surface area (Å²) in [5.74, 6) is 0.0777. The van der Waals surface area contributed by atoms with Crippen molar-refractivity contribution < 1.29 is 27.5 Å². The minimum Gasteiger partial charge on any atom is -0.444 e. The zero-order chi connectivity index (χ0) is 24.5. The van der Waals surface area contributed by atoms with Crippen LogP contribution in [-0.4, -0.2) is 46.3 Å². The lowest BCUT2D eigenvalue weighted by Crippen LogP contribution is -2.38. The van der Waals surface area contributed by atoms with Crippen molar-refractivity contribution >= 4 is 23.5 Å². The quantitative estimate of drug-likeness (QED) is 0.654. The number of aromatic nitrogens is 2. The number of oxazole rings is 1. The maximum absolute atomic E-state index is 12.9. The van der Waals surface area contributed by atoms with E-state index < -0.39 is 29.7 Å². The van der Waals surface area contributed by atoms with Crippen LogP contribution >= 0.6 is 0 Å². The van der Waals surface area contributed by atoms with Gasteiger partial charge < -0.3 is 14.5 Å². The predicted octanol–water partition coefficient (Wildman–Crippen LogP) is 3.70. The van der Waals surface area contributed by atoms with E-state index >= 15 is 0 Å². The molecule has 1 saturated carbocycles. The Bertz CT molecular complexity index is 1150. The molecule has 1 aliphatic heterocycles. The van der Waals surface area contributed by atoms with Crippen LogP contribution in [0.15, 0.2) is 46.0 Å². The van der Waals surface area contributed by atoms with Gasteiger partial charge in [0.1, 0.15) is 17.7 Å². The second-order valence-electron chi connectivity index (χ2n) is 8.87. The third-order valence-electron chi connectivity index (χ3n) is 4.84. The Morgan fingerprint density at radius 1 is 1.32 bits per heavy atom. The minimum absolute atomic E-state index is 0.0946. The van der Waals surface area contributed by atoms with E-state index in [2.05, 4.69) is 25.8 Å². The highest BCUT2D eigenvalue weighted by atomic mass is 19.3. The number of pyridine rings is 1. The van der Waals surface area contributed by atoms with E-state index in [0.717, 1.165) is 25.3 Å². The molecule has 3 heterocycles. The lowest BCUT2D eigenvalue weighted by Gasteiger charge is -2.27. The number of amides is 2. The summed E-state index contributed by atoms with van der Waals surface area (Å²) in [7, 11) is 0. The topological polar surface area (TPSA) is 124 Å². The van der Waals surface area contributed by atoms with Gasteiger partial charge in [0.05, 0.1) is 11.9 Å². The summed E-state index contributed by atoms with van der Waals surface area (Å²) in [6.45, 7) is 5.83. The fraction of sp³-hybridized carbons (Fsp3) is 0.409. The van der Waals surface area contributed by atoms with Crippen LogP contribution in [0.5, 0.6) is 0 Å². The SMILES string of the molecule is CC(C)(C)OC(=O)N(CC1CC1)c1cc(-c2nc(C(=O)NC3=C[N]N=C3C(F)F)co2)ccn1. The van der Waals surface area contributed by atoms with Crippen LogP contribution in [0.3, 0.4) is 0 Å². The number of carbonyl (C=O) groups excluding carboxylic acids is 2. The molecule has 0 atom stereocenters. The summed E-state index contributed by atoms with van der Waals surface area (Å²) >= 11 is 0. The number of hydrogen-bond donors (Lipinski definition) is 1. The Balaban J connectivity index is 1.52. The Hall–Kier alpha value is -3.83. The first-order chi connectivity index (χ1) is 16.1. The summed E-state index contributed by atoms with van der Waals surface area (Å²) in [6, 6.07) is 3.22. The number of nitrogens with one attached hydrogen (secondary N) is 1. The molecule has 0 unspecified atom stereocenters. The Kier molecular flexibility index (Phi) is 6.31. The standard InChI is InChI=1S/C22H23F2N6O4/c1-22(2,3)34-21(32)30(10-12-4-5-12)16-8-13(6-7-25-16)20-28-15(11-33-20)19(31)27-14-9-26-29-17(14)18(23)24/h6-9,11-12,18H,4-5,10H2,1-3H3,(H,27,31). The van der Waals surface area contributed by atoms with Gasteiger partial charge in [-0.25, -0.2) is 23.5 Å². The third-order valence-corrected chi connectivity index (χ3v) is 4.84. The molecule has 1 aliphatic carbocycles. The summed E-state index contributed by atoms with van der Waals surface area (Å²) in [4.78, 5) is 35.2. The maximum Gasteiger partial charge on any atom is 0.416 e. The van der Waals surface area contributed by atoms with Gasteiger partial charge in [-0.3, -0.25) is 9.69 Å². The van der Waals surface area contributed by atoms with Gasteiger partial charge in [-0.2, -0.15) is 5.43 Å². The summed E-state index contributed by atoms with van der Waals surface area (Å²) in [6.07, 6.45) is 2.28. The van der Waals surface area contributed by atoms with Crippen molar-refractivity contribution in [3.05, 3.63) is 42.2 Å². The highest BCUT2D eigenvalue weighted by Gasteiger charge is 2.31. The minimum atomic E-state index is -2.88. The molecular formula is C22H23F2N6O4. The summed E-state index contributed by atoms with van der Waals surface area (Å²) < 4.78 is 36.8. The molecule has 1 radical (unpaired) electrons. The molecule has 0 saturated heterocycles. The van der Waals surface area contributed by atoms with Crippen LogP contribution in [0.4, 0.5) is 19.4 Å². The summed E-state index contributed by atoms with van der Waals surface area (Å²) in [5, 5.41) is 5.59. The fourth-order valence-corrected chi connectivity index (χ4v) is 3.06. The fourth-order valence-electron chi connectivity index (χ4n) is 3.06. The lowest BCUT2D eigenvalue weighted by molar-refractivity contribution is 0.0577. The van der Waals surface area contributed by atoms with E-state index in [1.165, 1.54) is 11.1 Å². The van der Waals surface area contributed by atoms with Crippen molar-refractivity contribution in [2.24, 2.45) is 11.0 Å². The first-order valence-corrected chi connectivity index (χ1v) is 10.6. The highest BCUT2D eigenvalue weighted by Crippen LogP contribution is 2.32. The molecule has 0 aromatic carbocycles. The van der Waals surface area contributed by atoms with Crippen molar-refractivity contribution in [1.82, 2.24) is 20.7 Å². The van der Waals surface area contributed by atoms with E-state index in [0.29, 0.717) is 23.8 Å². The van der Waals surface area contributed by atoms with Gasteiger partial charge >= 0.3 is 6.09 Å². The number of anilines is 1. The van der Waals surface area contributed by atoms with Crippen LogP contribution < -0.4 is 15.6 Å². The van der Waals surface area contributed by atoms with Crippen LogP contribution in [-0.2, 0) is 4.74 Å². The Labute approximate surface area is 194 Å². The lowest BCUT2D eigenvalue weighted by atomic mass is 10.2. The average Bonchev–Trinajstić information content (AvgIpc) is 3.24. The normalized spacial score (nSPS) is 15.5. The molecule has 34 heavy (non-hydrogen) atoms. The zero-order valence-electron chi connectivity index (χ0n) is 18.8. The Morgan fingerprint density at radius 3 is 2.76 bits per heavy atom. The number of rotatable bonds is 7. The molecule has 1 N–H and O–H groups in total. The molecule has 10 nitrogen and oxygen atoms in total. The van der Waals surface area contributed by atoms with E-state index in [-0.39, 0.29) is 17.3 Å². The van der Waals surface area contributed by atoms with Gasteiger partial charge in [0.15, 0.2) is 11.4 Å². The van der Waals surface area contributed by atoms with Crippen molar-refractivity contribution in [3.63, 3.8) is 0 Å². The Morgan fingerprint density at radius 2 is 2.09 bits per heavy atom. The summed E-state index contributed by atoms with van der Waals surface area (Å²) in [5.41, 5.74) is 2.23. The second-order valence-corrected chi connectivity index (χ2v) is 8.87. The van der Waals surface area contributed by atoms with Gasteiger partial charge in [0, 0.05) is 18.3 Å². The number of nitrogens with zero attached hydrogens (tertiary/aromatic N) is 5. The zero-order valence-corrected chi connectivity index (χ0v) is 18.8. The van der Waals surface area contributed by atoms with Crippen molar-refractivity contribution in [2.45, 2.75) is 45.6 Å². The number of alkyl halides is 2. The monoisotopic (exact) mass is 473 g/mol. The van der Waals surface area contributed by atoms with Gasteiger partial charge in [-0.15, -0.1) is 5.10 Å². The van der Waals surface area contributed by atoms with E-state index in [4.69, 9.17) is 9.15 Å². The van der Waals surface area contributed by atoms with E-state index in [1.54, 1.807) is 32.9 Å². The third kappa shape index (κ3) is 5.56. The number of hydrogen-bond acceptors (Lipinski definition) is 7. The largest absolute Gasteiger partial charge is 0.444 e.